The number of hydrogen-bond donors (Lipinski definition) is 1. The number of guanidine groups is 1. The van der Waals surface area contributed by atoms with Crippen LogP contribution in [-0.4, -0.2) is 113 Å². The minimum atomic E-state index is 0. The molecule has 2 aliphatic heterocycles. The van der Waals surface area contributed by atoms with E-state index in [0.29, 0.717) is 12.1 Å². The molecule has 2 heterocycles. The highest BCUT2D eigenvalue weighted by molar-refractivity contribution is 14.0. The molecule has 8 heteroatoms. The van der Waals surface area contributed by atoms with Crippen LogP contribution in [0.3, 0.4) is 0 Å². The summed E-state index contributed by atoms with van der Waals surface area (Å²) in [4.78, 5) is 12.2. The number of aliphatic imine (C=N–C) groups is 1. The molecule has 0 aliphatic carbocycles. The SMILES string of the molecule is CCNC(=NCC1CN(C)CCN1C)N1CCC(OCCCOC)CC1.I. The first-order valence-corrected chi connectivity index (χ1v) is 10.2. The summed E-state index contributed by atoms with van der Waals surface area (Å²) in [5.41, 5.74) is 0. The molecule has 0 amide bonds. The van der Waals surface area contributed by atoms with E-state index in [-0.39, 0.29) is 24.0 Å². The van der Waals surface area contributed by atoms with Gasteiger partial charge in [0, 0.05) is 65.6 Å². The molecule has 7 nitrogen and oxygen atoms in total. The van der Waals surface area contributed by atoms with E-state index in [0.717, 1.165) is 84.2 Å². The highest BCUT2D eigenvalue weighted by Gasteiger charge is 2.24. The van der Waals surface area contributed by atoms with Crippen LogP contribution in [0.1, 0.15) is 26.2 Å². The Morgan fingerprint density at radius 3 is 2.52 bits per heavy atom. The van der Waals surface area contributed by atoms with Crippen LogP contribution in [0.25, 0.3) is 0 Å². The number of hydrogen-bond acceptors (Lipinski definition) is 5. The largest absolute Gasteiger partial charge is 0.385 e. The van der Waals surface area contributed by atoms with E-state index < -0.39 is 0 Å². The number of piperazine rings is 1. The molecule has 1 unspecified atom stereocenters. The minimum absolute atomic E-state index is 0. The monoisotopic (exact) mass is 497 g/mol. The molecule has 2 fully saturated rings. The Morgan fingerprint density at radius 1 is 1.11 bits per heavy atom. The van der Waals surface area contributed by atoms with Gasteiger partial charge in [-0.05, 0) is 40.3 Å². The van der Waals surface area contributed by atoms with Gasteiger partial charge in [-0.25, -0.2) is 0 Å². The lowest BCUT2D eigenvalue weighted by atomic mass is 10.1. The van der Waals surface area contributed by atoms with Gasteiger partial charge in [-0.2, -0.15) is 0 Å². The van der Waals surface area contributed by atoms with Crippen LogP contribution in [0, 0.1) is 0 Å². The van der Waals surface area contributed by atoms with E-state index in [1.54, 1.807) is 7.11 Å². The van der Waals surface area contributed by atoms with Crippen LogP contribution < -0.4 is 5.32 Å². The summed E-state index contributed by atoms with van der Waals surface area (Å²) in [5, 5.41) is 3.48. The van der Waals surface area contributed by atoms with E-state index in [1.165, 1.54) is 0 Å². The van der Waals surface area contributed by atoms with Crippen LogP contribution in [0.5, 0.6) is 0 Å². The summed E-state index contributed by atoms with van der Waals surface area (Å²) in [7, 11) is 6.15. The molecule has 0 bridgehead atoms. The molecule has 0 spiro atoms. The van der Waals surface area contributed by atoms with Crippen molar-refractivity contribution >= 4 is 29.9 Å². The molecule has 160 valence electrons. The summed E-state index contributed by atoms with van der Waals surface area (Å²) < 4.78 is 11.1. The summed E-state index contributed by atoms with van der Waals surface area (Å²) in [6.07, 6.45) is 3.50. The van der Waals surface area contributed by atoms with Gasteiger partial charge in [0.15, 0.2) is 5.96 Å². The van der Waals surface area contributed by atoms with Crippen molar-refractivity contribution in [2.75, 3.05) is 80.2 Å². The first-order chi connectivity index (χ1) is 12.6. The fraction of sp³-hybridized carbons (Fsp3) is 0.947. The maximum absolute atomic E-state index is 5.97. The number of ether oxygens (including phenoxy) is 2. The molecule has 0 radical (unpaired) electrons. The van der Waals surface area contributed by atoms with Crippen LogP contribution in [-0.2, 0) is 9.47 Å². The second-order valence-corrected chi connectivity index (χ2v) is 7.49. The van der Waals surface area contributed by atoms with Gasteiger partial charge in [0.2, 0.25) is 0 Å². The molecule has 0 aromatic heterocycles. The van der Waals surface area contributed by atoms with Crippen molar-refractivity contribution in [3.8, 4) is 0 Å². The van der Waals surface area contributed by atoms with Crippen molar-refractivity contribution in [1.82, 2.24) is 20.0 Å². The van der Waals surface area contributed by atoms with E-state index in [2.05, 4.69) is 41.0 Å². The van der Waals surface area contributed by atoms with Crippen molar-refractivity contribution in [3.63, 3.8) is 0 Å². The van der Waals surface area contributed by atoms with Crippen molar-refractivity contribution < 1.29 is 9.47 Å². The number of rotatable bonds is 8. The quantitative estimate of drug-likeness (QED) is 0.237. The van der Waals surface area contributed by atoms with Crippen LogP contribution >= 0.6 is 24.0 Å². The van der Waals surface area contributed by atoms with Crippen LogP contribution in [0.2, 0.25) is 0 Å². The number of piperidine rings is 1. The maximum atomic E-state index is 5.97. The molecule has 1 N–H and O–H groups in total. The average molecular weight is 497 g/mol. The van der Waals surface area contributed by atoms with E-state index >= 15 is 0 Å². The third kappa shape index (κ3) is 8.81. The molecule has 0 aromatic rings. The maximum Gasteiger partial charge on any atom is 0.193 e. The molecular weight excluding hydrogens is 457 g/mol. The van der Waals surface area contributed by atoms with Crippen molar-refractivity contribution in [3.05, 3.63) is 0 Å². The minimum Gasteiger partial charge on any atom is -0.385 e. The zero-order valence-electron chi connectivity index (χ0n) is 17.7. The predicted molar refractivity (Wildman–Crippen MR) is 122 cm³/mol. The second-order valence-electron chi connectivity index (χ2n) is 7.49. The molecule has 2 saturated heterocycles. The lowest BCUT2D eigenvalue weighted by Gasteiger charge is -2.38. The number of likely N-dealkylation sites (N-methyl/N-ethyl adjacent to an activating group) is 2. The fourth-order valence-corrected chi connectivity index (χ4v) is 3.60. The van der Waals surface area contributed by atoms with Crippen molar-refractivity contribution in [1.29, 1.82) is 0 Å². The van der Waals surface area contributed by atoms with Gasteiger partial charge in [-0.3, -0.25) is 9.89 Å². The number of nitrogens with one attached hydrogen (secondary N) is 1. The van der Waals surface area contributed by atoms with E-state index in [4.69, 9.17) is 14.5 Å². The fourth-order valence-electron chi connectivity index (χ4n) is 3.60. The van der Waals surface area contributed by atoms with Crippen LogP contribution in [0.4, 0.5) is 0 Å². The Bertz CT molecular complexity index is 419. The lowest BCUT2D eigenvalue weighted by Crippen LogP contribution is -2.52. The van der Waals surface area contributed by atoms with Gasteiger partial charge in [0.25, 0.3) is 0 Å². The summed E-state index contributed by atoms with van der Waals surface area (Å²) >= 11 is 0. The van der Waals surface area contributed by atoms with Gasteiger partial charge >= 0.3 is 0 Å². The smallest absolute Gasteiger partial charge is 0.193 e. The lowest BCUT2D eigenvalue weighted by molar-refractivity contribution is 0.00987. The molecule has 2 rings (SSSR count). The molecule has 0 saturated carbocycles. The average Bonchev–Trinajstić information content (AvgIpc) is 2.65. The van der Waals surface area contributed by atoms with Gasteiger partial charge < -0.3 is 24.6 Å². The topological polar surface area (TPSA) is 52.6 Å². The van der Waals surface area contributed by atoms with Gasteiger partial charge in [0.05, 0.1) is 12.6 Å². The molecular formula is C19H40IN5O2. The van der Waals surface area contributed by atoms with E-state index in [9.17, 15) is 0 Å². The van der Waals surface area contributed by atoms with Crippen molar-refractivity contribution in [2.24, 2.45) is 4.99 Å². The second kappa shape index (κ2) is 13.9. The van der Waals surface area contributed by atoms with E-state index in [1.807, 2.05) is 0 Å². The Hall–Kier alpha value is -0.160. The number of halogens is 1. The zero-order chi connectivity index (χ0) is 18.8. The van der Waals surface area contributed by atoms with Gasteiger partial charge in [-0.1, -0.05) is 0 Å². The molecule has 2 aliphatic rings. The molecule has 1 atom stereocenters. The third-order valence-corrected chi connectivity index (χ3v) is 5.35. The third-order valence-electron chi connectivity index (χ3n) is 5.35. The Balaban J connectivity index is 0.00000364. The Morgan fingerprint density at radius 2 is 1.85 bits per heavy atom. The first kappa shape index (κ1) is 24.9. The summed E-state index contributed by atoms with van der Waals surface area (Å²) in [5.74, 6) is 1.06. The highest BCUT2D eigenvalue weighted by atomic mass is 127. The normalized spacial score (nSPS) is 23.3. The number of methoxy groups -OCH3 is 1. The highest BCUT2D eigenvalue weighted by Crippen LogP contribution is 2.15. The van der Waals surface area contributed by atoms with Crippen LogP contribution in [0.15, 0.2) is 4.99 Å². The summed E-state index contributed by atoms with van der Waals surface area (Å²) in [6, 6.07) is 0.504. The standard InChI is InChI=1S/C19H39N5O2.HI/c1-5-20-19(21-15-17-16-22(2)11-12-23(17)3)24-9-7-18(8-10-24)26-14-6-13-25-4;/h17-18H,5-16H2,1-4H3,(H,20,21);1H. The summed E-state index contributed by atoms with van der Waals surface area (Å²) in [6.45, 7) is 10.9. The Labute approximate surface area is 182 Å². The molecule has 0 aromatic carbocycles. The van der Waals surface area contributed by atoms with Crippen molar-refractivity contribution in [2.45, 2.75) is 38.3 Å². The Kier molecular flexibility index (Phi) is 12.8. The number of nitrogens with zero attached hydrogens (tertiary/aromatic N) is 4. The zero-order valence-corrected chi connectivity index (χ0v) is 20.0. The molecule has 27 heavy (non-hydrogen) atoms. The predicted octanol–water partition coefficient (Wildman–Crippen LogP) is 1.33. The van der Waals surface area contributed by atoms with Gasteiger partial charge in [0.1, 0.15) is 0 Å². The van der Waals surface area contributed by atoms with Gasteiger partial charge in [-0.15, -0.1) is 24.0 Å². The first-order valence-electron chi connectivity index (χ1n) is 10.2. The number of likely N-dealkylation sites (tertiary alicyclic amines) is 1.